The van der Waals surface area contributed by atoms with Gasteiger partial charge in [0.15, 0.2) is 0 Å². The molecule has 26 heavy (non-hydrogen) atoms. The zero-order valence-corrected chi connectivity index (χ0v) is 14.3. The third-order valence-corrected chi connectivity index (χ3v) is 4.39. The summed E-state index contributed by atoms with van der Waals surface area (Å²) in [5.41, 5.74) is 1.14. The number of anilines is 1. The maximum absolute atomic E-state index is 12.7. The van der Waals surface area contributed by atoms with Crippen LogP contribution in [0, 0.1) is 6.92 Å². The highest BCUT2D eigenvalue weighted by Gasteiger charge is 2.11. The van der Waals surface area contributed by atoms with Gasteiger partial charge in [0.1, 0.15) is 12.4 Å². The molecule has 1 amide bonds. The van der Waals surface area contributed by atoms with E-state index in [9.17, 15) is 9.59 Å². The number of fused-ring (bicyclic) bond motifs is 2. The summed E-state index contributed by atoms with van der Waals surface area (Å²) >= 11 is 0. The molecule has 1 heterocycles. The van der Waals surface area contributed by atoms with Gasteiger partial charge in [0.05, 0.1) is 10.9 Å². The van der Waals surface area contributed by atoms with Crippen LogP contribution in [0.2, 0.25) is 0 Å². The highest BCUT2D eigenvalue weighted by atomic mass is 16.2. The first-order valence-electron chi connectivity index (χ1n) is 8.37. The molecule has 0 saturated heterocycles. The number of aryl methyl sites for hydroxylation is 1. The molecule has 128 valence electrons. The summed E-state index contributed by atoms with van der Waals surface area (Å²) in [5.74, 6) is 0.255. The highest BCUT2D eigenvalue weighted by Crippen LogP contribution is 2.18. The molecule has 0 saturated carbocycles. The standard InChI is InChI=1S/C21H17N3O2/c1-14-22-19-9-5-4-8-18(19)21(26)24(14)13-20(25)23-17-11-10-15-6-2-3-7-16(15)12-17/h2-12H,13H2,1H3,(H,23,25). The summed E-state index contributed by atoms with van der Waals surface area (Å²) in [7, 11) is 0. The molecule has 0 unspecified atom stereocenters. The van der Waals surface area contributed by atoms with Crippen molar-refractivity contribution in [2.24, 2.45) is 0 Å². The Labute approximate surface area is 149 Å². The molecule has 0 fully saturated rings. The van der Waals surface area contributed by atoms with Gasteiger partial charge in [-0.2, -0.15) is 0 Å². The van der Waals surface area contributed by atoms with Crippen molar-refractivity contribution < 1.29 is 4.79 Å². The molecular weight excluding hydrogens is 326 g/mol. The lowest BCUT2D eigenvalue weighted by Crippen LogP contribution is -2.30. The molecule has 1 aromatic heterocycles. The number of nitrogens with zero attached hydrogens (tertiary/aromatic N) is 2. The number of para-hydroxylation sites is 1. The molecule has 5 heteroatoms. The Morgan fingerprint density at radius 3 is 2.58 bits per heavy atom. The van der Waals surface area contributed by atoms with Crippen LogP contribution < -0.4 is 10.9 Å². The van der Waals surface area contributed by atoms with Crippen molar-refractivity contribution in [3.05, 3.63) is 82.9 Å². The second kappa shape index (κ2) is 6.44. The van der Waals surface area contributed by atoms with Crippen LogP contribution in [0.4, 0.5) is 5.69 Å². The van der Waals surface area contributed by atoms with Crippen molar-refractivity contribution in [3.63, 3.8) is 0 Å². The Morgan fingerprint density at radius 1 is 1.00 bits per heavy atom. The van der Waals surface area contributed by atoms with Crippen molar-refractivity contribution in [1.29, 1.82) is 0 Å². The number of aromatic nitrogens is 2. The van der Waals surface area contributed by atoms with Gasteiger partial charge < -0.3 is 5.32 Å². The fraction of sp³-hybridized carbons (Fsp3) is 0.0952. The molecular formula is C21H17N3O2. The van der Waals surface area contributed by atoms with Crippen molar-refractivity contribution in [2.75, 3.05) is 5.32 Å². The van der Waals surface area contributed by atoms with Gasteiger partial charge in [0.25, 0.3) is 5.56 Å². The number of amides is 1. The lowest BCUT2D eigenvalue weighted by Gasteiger charge is -2.11. The average Bonchev–Trinajstić information content (AvgIpc) is 2.65. The van der Waals surface area contributed by atoms with Gasteiger partial charge in [0.2, 0.25) is 5.91 Å². The quantitative estimate of drug-likeness (QED) is 0.619. The molecule has 4 rings (SSSR count). The van der Waals surface area contributed by atoms with Crippen LogP contribution in [-0.4, -0.2) is 15.5 Å². The lowest BCUT2D eigenvalue weighted by molar-refractivity contribution is -0.116. The zero-order valence-electron chi connectivity index (χ0n) is 14.3. The predicted octanol–water partition coefficient (Wildman–Crippen LogP) is 3.50. The van der Waals surface area contributed by atoms with Gasteiger partial charge in [0, 0.05) is 5.69 Å². The Morgan fingerprint density at radius 2 is 1.73 bits per heavy atom. The second-order valence-corrected chi connectivity index (χ2v) is 6.18. The van der Waals surface area contributed by atoms with Crippen LogP contribution in [0.5, 0.6) is 0 Å². The van der Waals surface area contributed by atoms with Gasteiger partial charge in [-0.25, -0.2) is 4.98 Å². The van der Waals surface area contributed by atoms with Gasteiger partial charge in [-0.05, 0) is 42.0 Å². The van der Waals surface area contributed by atoms with E-state index < -0.39 is 0 Å². The Kier molecular flexibility index (Phi) is 3.97. The number of hydrogen-bond acceptors (Lipinski definition) is 3. The largest absolute Gasteiger partial charge is 0.325 e. The van der Waals surface area contributed by atoms with Gasteiger partial charge >= 0.3 is 0 Å². The van der Waals surface area contributed by atoms with Crippen LogP contribution in [0.25, 0.3) is 21.7 Å². The normalized spacial score (nSPS) is 11.0. The van der Waals surface area contributed by atoms with Crippen molar-refractivity contribution in [1.82, 2.24) is 9.55 Å². The summed E-state index contributed by atoms with van der Waals surface area (Å²) in [6, 6.07) is 20.8. The maximum atomic E-state index is 12.7. The van der Waals surface area contributed by atoms with Crippen LogP contribution in [0.1, 0.15) is 5.82 Å². The number of benzene rings is 3. The minimum Gasteiger partial charge on any atom is -0.325 e. The number of hydrogen-bond donors (Lipinski definition) is 1. The van der Waals surface area contributed by atoms with Crippen molar-refractivity contribution in [3.8, 4) is 0 Å². The van der Waals surface area contributed by atoms with Crippen molar-refractivity contribution in [2.45, 2.75) is 13.5 Å². The summed E-state index contributed by atoms with van der Waals surface area (Å²) < 4.78 is 1.40. The van der Waals surface area contributed by atoms with E-state index in [1.165, 1.54) is 4.57 Å². The minimum atomic E-state index is -0.262. The van der Waals surface area contributed by atoms with E-state index in [2.05, 4.69) is 10.3 Å². The summed E-state index contributed by atoms with van der Waals surface area (Å²) in [5, 5.41) is 5.52. The van der Waals surface area contributed by atoms with E-state index in [4.69, 9.17) is 0 Å². The predicted molar refractivity (Wildman–Crippen MR) is 103 cm³/mol. The zero-order chi connectivity index (χ0) is 18.1. The third kappa shape index (κ3) is 2.95. The Bertz CT molecular complexity index is 1190. The first-order chi connectivity index (χ1) is 12.6. The van der Waals surface area contributed by atoms with Gasteiger partial charge in [-0.15, -0.1) is 0 Å². The van der Waals surface area contributed by atoms with Gasteiger partial charge in [-0.1, -0.05) is 42.5 Å². The van der Waals surface area contributed by atoms with E-state index in [0.717, 1.165) is 10.8 Å². The number of rotatable bonds is 3. The topological polar surface area (TPSA) is 64.0 Å². The fourth-order valence-corrected chi connectivity index (χ4v) is 3.08. The van der Waals surface area contributed by atoms with E-state index in [1.54, 1.807) is 25.1 Å². The fourth-order valence-electron chi connectivity index (χ4n) is 3.08. The number of carbonyl (C=O) groups is 1. The first kappa shape index (κ1) is 16.0. The highest BCUT2D eigenvalue weighted by molar-refractivity contribution is 5.94. The number of nitrogens with one attached hydrogen (secondary N) is 1. The molecule has 0 atom stereocenters. The number of carbonyl (C=O) groups excluding carboxylic acids is 1. The molecule has 0 bridgehead atoms. The second-order valence-electron chi connectivity index (χ2n) is 6.18. The Hall–Kier alpha value is -3.47. The van der Waals surface area contributed by atoms with Crippen LogP contribution in [0.3, 0.4) is 0 Å². The SMILES string of the molecule is Cc1nc2ccccc2c(=O)n1CC(=O)Nc1ccc2ccccc2c1. The first-order valence-corrected chi connectivity index (χ1v) is 8.37. The summed E-state index contributed by atoms with van der Waals surface area (Å²) in [4.78, 5) is 29.5. The minimum absolute atomic E-state index is 0.0741. The molecule has 0 aliphatic rings. The van der Waals surface area contributed by atoms with Gasteiger partial charge in [-0.3, -0.25) is 14.2 Å². The third-order valence-electron chi connectivity index (χ3n) is 4.39. The molecule has 1 N–H and O–H groups in total. The molecule has 0 radical (unpaired) electrons. The summed E-state index contributed by atoms with van der Waals surface area (Å²) in [6.45, 7) is 1.66. The molecule has 3 aromatic carbocycles. The van der Waals surface area contributed by atoms with Crippen LogP contribution in [0.15, 0.2) is 71.5 Å². The van der Waals surface area contributed by atoms with E-state index in [1.807, 2.05) is 48.5 Å². The molecule has 5 nitrogen and oxygen atoms in total. The average molecular weight is 343 g/mol. The van der Waals surface area contributed by atoms with Crippen molar-refractivity contribution >= 4 is 33.3 Å². The molecule has 0 spiro atoms. The van der Waals surface area contributed by atoms with Crippen LogP contribution in [-0.2, 0) is 11.3 Å². The maximum Gasteiger partial charge on any atom is 0.261 e. The Balaban J connectivity index is 1.61. The van der Waals surface area contributed by atoms with E-state index in [0.29, 0.717) is 22.4 Å². The van der Waals surface area contributed by atoms with Crippen LogP contribution >= 0.6 is 0 Å². The molecule has 0 aliphatic heterocycles. The van der Waals surface area contributed by atoms with E-state index >= 15 is 0 Å². The monoisotopic (exact) mass is 343 g/mol. The lowest BCUT2D eigenvalue weighted by atomic mass is 10.1. The summed E-state index contributed by atoms with van der Waals surface area (Å²) in [6.07, 6.45) is 0. The molecule has 0 aliphatic carbocycles. The molecule has 4 aromatic rings. The van der Waals surface area contributed by atoms with E-state index in [-0.39, 0.29) is 18.0 Å². The smallest absolute Gasteiger partial charge is 0.261 e.